The van der Waals surface area contributed by atoms with Gasteiger partial charge in [-0.25, -0.2) is 9.59 Å². The summed E-state index contributed by atoms with van der Waals surface area (Å²) in [6.07, 6.45) is -6.47. The molecule has 11 heteroatoms. The second-order valence-electron chi connectivity index (χ2n) is 12.6. The molecule has 0 saturated heterocycles. The minimum atomic E-state index is -5.12. The molecule has 0 unspecified atom stereocenters. The fourth-order valence-electron chi connectivity index (χ4n) is 6.21. The molecule has 0 bridgehead atoms. The highest BCUT2D eigenvalue weighted by Gasteiger charge is 2.40. The summed E-state index contributed by atoms with van der Waals surface area (Å²) in [7, 11) is 0. The van der Waals surface area contributed by atoms with Gasteiger partial charge in [-0.2, -0.15) is 26.3 Å². The average Bonchev–Trinajstić information content (AvgIpc) is 3.22. The quantitative estimate of drug-likeness (QED) is 0.108. The number of halogens is 6. The molecule has 5 rings (SSSR count). The largest absolute Gasteiger partial charge is 0.423 e. The highest BCUT2D eigenvalue weighted by molar-refractivity contribution is 5.91. The number of carbonyl (C=O) groups excluding carboxylic acids is 2. The summed E-state index contributed by atoms with van der Waals surface area (Å²) in [5.74, 6) is -2.11. The van der Waals surface area contributed by atoms with Crippen molar-refractivity contribution in [3.63, 3.8) is 0 Å². The number of anilines is 3. The lowest BCUT2D eigenvalue weighted by atomic mass is 9.77. The zero-order chi connectivity index (χ0) is 35.3. The number of esters is 2. The molecule has 48 heavy (non-hydrogen) atoms. The van der Waals surface area contributed by atoms with Crippen molar-refractivity contribution < 1.29 is 45.4 Å². The standard InChI is InChI=1S/C37H33F6NO4/c1-20(2)33(45)47-27-16-26(17-28(19-27)48-34(46)21(3)4)44(25-14-22(36(38,39)40)13-23(15-25)37(41,42)43)24-11-12-30-29-9-7-8-10-31(29)35(5,6)32(30)18-24/h11-19H,1,3,7-10H2,2,4-6H3. The number of fused-ring (bicyclic) bond motifs is 2. The number of benzene rings is 3. The van der Waals surface area contributed by atoms with Gasteiger partial charge in [-0.15, -0.1) is 0 Å². The molecule has 0 spiro atoms. The Morgan fingerprint density at radius 1 is 0.708 bits per heavy atom. The van der Waals surface area contributed by atoms with E-state index in [1.165, 1.54) is 48.1 Å². The van der Waals surface area contributed by atoms with E-state index in [0.717, 1.165) is 36.8 Å². The van der Waals surface area contributed by atoms with Crippen molar-refractivity contribution in [1.29, 1.82) is 0 Å². The van der Waals surface area contributed by atoms with Crippen LogP contribution in [0.5, 0.6) is 11.5 Å². The third-order valence-electron chi connectivity index (χ3n) is 8.55. The van der Waals surface area contributed by atoms with Crippen LogP contribution in [0.4, 0.5) is 43.4 Å². The molecule has 252 valence electrons. The smallest absolute Gasteiger partial charge is 0.416 e. The number of alkyl halides is 6. The molecule has 3 aromatic rings. The number of nitrogens with zero attached hydrogens (tertiary/aromatic N) is 1. The normalized spacial score (nSPS) is 15.4. The van der Waals surface area contributed by atoms with E-state index in [2.05, 4.69) is 13.2 Å². The van der Waals surface area contributed by atoms with E-state index in [4.69, 9.17) is 9.47 Å². The Balaban J connectivity index is 1.80. The van der Waals surface area contributed by atoms with Crippen molar-refractivity contribution >= 4 is 34.6 Å². The van der Waals surface area contributed by atoms with Gasteiger partial charge in [-0.1, -0.05) is 38.6 Å². The van der Waals surface area contributed by atoms with E-state index < -0.39 is 46.5 Å². The third kappa shape index (κ3) is 6.77. The molecule has 0 N–H and O–H groups in total. The lowest BCUT2D eigenvalue weighted by Gasteiger charge is -2.30. The average molecular weight is 670 g/mol. The van der Waals surface area contributed by atoms with E-state index in [1.807, 2.05) is 19.9 Å². The van der Waals surface area contributed by atoms with Crippen molar-refractivity contribution in [2.45, 2.75) is 71.1 Å². The third-order valence-corrected chi connectivity index (χ3v) is 8.55. The molecule has 0 radical (unpaired) electrons. The Labute approximate surface area is 274 Å². The highest BCUT2D eigenvalue weighted by atomic mass is 19.4. The van der Waals surface area contributed by atoms with Crippen LogP contribution in [-0.4, -0.2) is 11.9 Å². The van der Waals surface area contributed by atoms with Crippen LogP contribution in [0.25, 0.3) is 5.57 Å². The van der Waals surface area contributed by atoms with Crippen molar-refractivity contribution in [2.75, 3.05) is 4.90 Å². The summed E-state index contributed by atoms with van der Waals surface area (Å²) in [4.78, 5) is 26.2. The van der Waals surface area contributed by atoms with Crippen LogP contribution in [0.2, 0.25) is 0 Å². The lowest BCUT2D eigenvalue weighted by Crippen LogP contribution is -2.20. The molecule has 5 nitrogen and oxygen atoms in total. The molecule has 2 aliphatic rings. The van der Waals surface area contributed by atoms with Gasteiger partial charge in [0, 0.05) is 46.1 Å². The van der Waals surface area contributed by atoms with Gasteiger partial charge < -0.3 is 14.4 Å². The number of allylic oxidation sites excluding steroid dienone is 2. The molecule has 2 aliphatic carbocycles. The predicted molar refractivity (Wildman–Crippen MR) is 170 cm³/mol. The van der Waals surface area contributed by atoms with Crippen LogP contribution in [0.1, 0.15) is 75.6 Å². The number of ether oxygens (including phenoxy) is 2. The van der Waals surface area contributed by atoms with Gasteiger partial charge in [0.2, 0.25) is 0 Å². The van der Waals surface area contributed by atoms with Gasteiger partial charge in [0.05, 0.1) is 16.8 Å². The topological polar surface area (TPSA) is 55.8 Å². The minimum Gasteiger partial charge on any atom is -0.423 e. The SMILES string of the molecule is C=C(C)C(=O)Oc1cc(OC(=O)C(=C)C)cc(N(c2cc(C(F)(F)F)cc(C(F)(F)F)c2)c2ccc3c(c2)C(C)(C)C2=C3CCCC2)c1. The van der Waals surface area contributed by atoms with E-state index in [1.54, 1.807) is 12.1 Å². The van der Waals surface area contributed by atoms with Crippen LogP contribution < -0.4 is 14.4 Å². The van der Waals surface area contributed by atoms with Gasteiger partial charge in [0.25, 0.3) is 0 Å². The summed E-state index contributed by atoms with van der Waals surface area (Å²) >= 11 is 0. The van der Waals surface area contributed by atoms with Crippen LogP contribution in [0.3, 0.4) is 0 Å². The molecule has 0 atom stereocenters. The summed E-state index contributed by atoms with van der Waals surface area (Å²) in [6.45, 7) is 14.0. The Bertz CT molecular complexity index is 1800. The summed E-state index contributed by atoms with van der Waals surface area (Å²) < 4.78 is 95.4. The fraction of sp³-hybridized carbons (Fsp3) is 0.297. The van der Waals surface area contributed by atoms with E-state index in [0.29, 0.717) is 12.1 Å². The van der Waals surface area contributed by atoms with Crippen LogP contribution in [0, 0.1) is 0 Å². The zero-order valence-corrected chi connectivity index (χ0v) is 26.8. The number of rotatable bonds is 7. The van der Waals surface area contributed by atoms with Gasteiger partial charge >= 0.3 is 24.3 Å². The van der Waals surface area contributed by atoms with Gasteiger partial charge in [-0.3, -0.25) is 0 Å². The summed E-state index contributed by atoms with van der Waals surface area (Å²) in [5, 5.41) is 0. The molecular formula is C37H33F6NO4. The van der Waals surface area contributed by atoms with Crippen LogP contribution >= 0.6 is 0 Å². The maximum atomic E-state index is 14.1. The second-order valence-corrected chi connectivity index (χ2v) is 12.6. The number of hydrogen-bond donors (Lipinski definition) is 0. The van der Waals surface area contributed by atoms with E-state index in [9.17, 15) is 35.9 Å². The van der Waals surface area contributed by atoms with Crippen molar-refractivity contribution in [3.8, 4) is 11.5 Å². The highest BCUT2D eigenvalue weighted by Crippen LogP contribution is 2.53. The maximum absolute atomic E-state index is 14.1. The lowest BCUT2D eigenvalue weighted by molar-refractivity contribution is -0.143. The van der Waals surface area contributed by atoms with Crippen molar-refractivity contribution in [1.82, 2.24) is 0 Å². The Morgan fingerprint density at radius 3 is 1.71 bits per heavy atom. The molecule has 3 aromatic carbocycles. The second kappa shape index (κ2) is 12.3. The molecule has 0 amide bonds. The Kier molecular flexibility index (Phi) is 8.88. The van der Waals surface area contributed by atoms with E-state index >= 15 is 0 Å². The first-order valence-electron chi connectivity index (χ1n) is 15.1. The molecule has 0 fully saturated rings. The number of hydrogen-bond acceptors (Lipinski definition) is 5. The van der Waals surface area contributed by atoms with Crippen molar-refractivity contribution in [3.05, 3.63) is 107 Å². The first-order chi connectivity index (χ1) is 22.3. The van der Waals surface area contributed by atoms with Gasteiger partial charge in [0.15, 0.2) is 0 Å². The first-order valence-corrected chi connectivity index (χ1v) is 15.1. The van der Waals surface area contributed by atoms with Crippen LogP contribution in [0.15, 0.2) is 84.5 Å². The monoisotopic (exact) mass is 669 g/mol. The Hall–Kier alpha value is -4.80. The van der Waals surface area contributed by atoms with Gasteiger partial charge in [0.1, 0.15) is 11.5 Å². The predicted octanol–water partition coefficient (Wildman–Crippen LogP) is 10.8. The first kappa shape index (κ1) is 34.5. The molecular weight excluding hydrogens is 636 g/mol. The summed E-state index contributed by atoms with van der Waals surface area (Å²) in [6, 6.07) is 10.2. The van der Waals surface area contributed by atoms with Crippen LogP contribution in [-0.2, 0) is 27.4 Å². The van der Waals surface area contributed by atoms with Gasteiger partial charge in [-0.05, 0) is 86.6 Å². The molecule has 0 aliphatic heterocycles. The number of carbonyl (C=O) groups is 2. The summed E-state index contributed by atoms with van der Waals surface area (Å²) in [5.41, 5.74) is 0.577. The fourth-order valence-corrected chi connectivity index (χ4v) is 6.21. The molecule has 0 saturated carbocycles. The Morgan fingerprint density at radius 2 is 1.21 bits per heavy atom. The minimum absolute atomic E-state index is 0.0164. The molecule has 0 aromatic heterocycles. The zero-order valence-electron chi connectivity index (χ0n) is 26.8. The van der Waals surface area contributed by atoms with Crippen molar-refractivity contribution in [2.24, 2.45) is 0 Å². The van der Waals surface area contributed by atoms with E-state index in [-0.39, 0.29) is 40.1 Å². The maximum Gasteiger partial charge on any atom is 0.416 e. The molecule has 0 heterocycles.